The van der Waals surface area contributed by atoms with Gasteiger partial charge >= 0.3 is 0 Å². The number of amides is 1. The van der Waals surface area contributed by atoms with E-state index in [2.05, 4.69) is 10.5 Å². The van der Waals surface area contributed by atoms with E-state index < -0.39 is 16.1 Å². The zero-order valence-electron chi connectivity index (χ0n) is 15.4. The smallest absolute Gasteiger partial charge is 0.249 e. The molecule has 1 N–H and O–H groups in total. The van der Waals surface area contributed by atoms with Crippen LogP contribution in [-0.2, 0) is 14.8 Å². The van der Waals surface area contributed by atoms with E-state index in [-0.39, 0.29) is 16.6 Å². The average molecular weight is 377 g/mol. The van der Waals surface area contributed by atoms with Gasteiger partial charge in [-0.05, 0) is 57.7 Å². The first-order valence-electron chi connectivity index (χ1n) is 8.55. The summed E-state index contributed by atoms with van der Waals surface area (Å²) < 4.78 is 32.4. The number of aryl methyl sites for hydroxylation is 3. The van der Waals surface area contributed by atoms with E-state index in [0.29, 0.717) is 30.8 Å². The van der Waals surface area contributed by atoms with Crippen LogP contribution >= 0.6 is 0 Å². The van der Waals surface area contributed by atoms with Gasteiger partial charge in [0.05, 0.1) is 0 Å². The van der Waals surface area contributed by atoms with E-state index in [0.717, 1.165) is 11.1 Å². The fraction of sp³-hybridized carbons (Fsp3) is 0.444. The Labute approximate surface area is 153 Å². The Kier molecular flexibility index (Phi) is 4.90. The Morgan fingerprint density at radius 1 is 1.27 bits per heavy atom. The summed E-state index contributed by atoms with van der Waals surface area (Å²) in [6.45, 7) is 7.35. The molecule has 0 radical (unpaired) electrons. The van der Waals surface area contributed by atoms with Crippen molar-refractivity contribution in [1.82, 2.24) is 9.46 Å². The Morgan fingerprint density at radius 2 is 2.00 bits per heavy atom. The maximum absolute atomic E-state index is 13.1. The molecular formula is C18H23N3O4S. The lowest BCUT2D eigenvalue weighted by molar-refractivity contribution is -0.119. The Hall–Kier alpha value is -2.19. The predicted octanol–water partition coefficient (Wildman–Crippen LogP) is 2.70. The van der Waals surface area contributed by atoms with Crippen molar-refractivity contribution in [3.63, 3.8) is 0 Å². The predicted molar refractivity (Wildman–Crippen MR) is 97.4 cm³/mol. The lowest BCUT2D eigenvalue weighted by Crippen LogP contribution is -2.43. The first-order valence-corrected chi connectivity index (χ1v) is 9.99. The maximum Gasteiger partial charge on any atom is 0.249 e. The number of sulfonamides is 1. The van der Waals surface area contributed by atoms with Crippen molar-refractivity contribution in [3.8, 4) is 0 Å². The lowest BCUT2D eigenvalue weighted by Gasteiger charge is -2.23. The van der Waals surface area contributed by atoms with Crippen LogP contribution in [-0.4, -0.2) is 36.4 Å². The van der Waals surface area contributed by atoms with Gasteiger partial charge < -0.3 is 9.84 Å². The number of hydrogen-bond donors (Lipinski definition) is 1. The number of anilines is 1. The summed E-state index contributed by atoms with van der Waals surface area (Å²) in [7, 11) is -3.85. The number of carbonyl (C=O) groups excluding carboxylic acids is 1. The van der Waals surface area contributed by atoms with Gasteiger partial charge in [0.15, 0.2) is 5.76 Å². The molecule has 1 aliphatic rings. The molecule has 1 aliphatic heterocycles. The third kappa shape index (κ3) is 3.14. The van der Waals surface area contributed by atoms with Crippen LogP contribution in [0.15, 0.2) is 27.6 Å². The number of nitrogens with zero attached hydrogens (tertiary/aromatic N) is 2. The minimum Gasteiger partial charge on any atom is -0.360 e. The highest BCUT2D eigenvalue weighted by Crippen LogP contribution is 2.30. The van der Waals surface area contributed by atoms with Crippen molar-refractivity contribution in [1.29, 1.82) is 0 Å². The molecule has 3 rings (SSSR count). The molecular weight excluding hydrogens is 354 g/mol. The molecule has 1 aromatic carbocycles. The van der Waals surface area contributed by atoms with Gasteiger partial charge in [-0.2, -0.15) is 4.31 Å². The molecule has 8 heteroatoms. The van der Waals surface area contributed by atoms with E-state index in [1.54, 1.807) is 13.8 Å². The molecule has 2 aromatic rings. The third-order valence-electron chi connectivity index (χ3n) is 4.90. The van der Waals surface area contributed by atoms with Crippen molar-refractivity contribution in [2.75, 3.05) is 11.9 Å². The van der Waals surface area contributed by atoms with Crippen LogP contribution in [0.5, 0.6) is 0 Å². The molecule has 140 valence electrons. The number of benzene rings is 1. The summed E-state index contributed by atoms with van der Waals surface area (Å²) in [4.78, 5) is 12.9. The Balaban J connectivity index is 1.88. The zero-order chi connectivity index (χ0) is 19.1. The van der Waals surface area contributed by atoms with Crippen LogP contribution in [0.4, 0.5) is 5.69 Å². The van der Waals surface area contributed by atoms with Gasteiger partial charge in [0.25, 0.3) is 0 Å². The molecule has 7 nitrogen and oxygen atoms in total. The van der Waals surface area contributed by atoms with Crippen molar-refractivity contribution < 1.29 is 17.7 Å². The quantitative estimate of drug-likeness (QED) is 0.884. The van der Waals surface area contributed by atoms with E-state index in [1.165, 1.54) is 4.31 Å². The molecule has 1 aromatic heterocycles. The molecule has 0 aliphatic carbocycles. The van der Waals surface area contributed by atoms with E-state index in [1.807, 2.05) is 32.0 Å². The van der Waals surface area contributed by atoms with Crippen LogP contribution in [0.25, 0.3) is 0 Å². The number of hydrogen-bond acceptors (Lipinski definition) is 5. The van der Waals surface area contributed by atoms with Gasteiger partial charge in [-0.25, -0.2) is 8.42 Å². The van der Waals surface area contributed by atoms with Crippen LogP contribution in [0.2, 0.25) is 0 Å². The number of rotatable bonds is 4. The van der Waals surface area contributed by atoms with E-state index in [4.69, 9.17) is 4.52 Å². The minimum absolute atomic E-state index is 0.0592. The summed E-state index contributed by atoms with van der Waals surface area (Å²) in [6.07, 6.45) is 1.12. The molecule has 1 atom stereocenters. The van der Waals surface area contributed by atoms with E-state index in [9.17, 15) is 13.2 Å². The molecule has 1 amide bonds. The Bertz CT molecular complexity index is 930. The summed E-state index contributed by atoms with van der Waals surface area (Å²) in [5, 5.41) is 6.62. The SMILES string of the molecule is Cc1cccc(NC(=O)[C@H]2CCCN2S(=O)(=O)c2c(C)noc2C)c1C. The minimum atomic E-state index is -3.85. The largest absolute Gasteiger partial charge is 0.360 e. The highest BCUT2D eigenvalue weighted by Gasteiger charge is 2.41. The number of nitrogens with one attached hydrogen (secondary N) is 1. The van der Waals surface area contributed by atoms with E-state index >= 15 is 0 Å². The van der Waals surface area contributed by atoms with Crippen LogP contribution in [0.1, 0.15) is 35.4 Å². The second kappa shape index (κ2) is 6.85. The second-order valence-electron chi connectivity index (χ2n) is 6.66. The third-order valence-corrected chi connectivity index (χ3v) is 7.06. The first kappa shape index (κ1) is 18.6. The average Bonchev–Trinajstić information content (AvgIpc) is 3.19. The molecule has 0 spiro atoms. The lowest BCUT2D eigenvalue weighted by atomic mass is 10.1. The van der Waals surface area contributed by atoms with Crippen LogP contribution in [0.3, 0.4) is 0 Å². The number of aromatic nitrogens is 1. The zero-order valence-corrected chi connectivity index (χ0v) is 16.2. The first-order chi connectivity index (χ1) is 12.2. The van der Waals surface area contributed by atoms with Crippen molar-refractivity contribution in [2.24, 2.45) is 0 Å². The fourth-order valence-corrected chi connectivity index (χ4v) is 5.30. The fourth-order valence-electron chi connectivity index (χ4n) is 3.35. The maximum atomic E-state index is 13.1. The van der Waals surface area contributed by atoms with Crippen molar-refractivity contribution in [2.45, 2.75) is 51.5 Å². The molecule has 0 bridgehead atoms. The van der Waals surface area contributed by atoms with Gasteiger partial charge in [-0.3, -0.25) is 4.79 Å². The van der Waals surface area contributed by atoms with Gasteiger partial charge in [0.2, 0.25) is 15.9 Å². The topological polar surface area (TPSA) is 92.5 Å². The standard InChI is InChI=1S/C18H23N3O4S/c1-11-7-5-8-15(12(11)2)19-18(22)16-9-6-10-21(16)26(23,24)17-13(3)20-25-14(17)4/h5,7-8,16H,6,9-10H2,1-4H3,(H,19,22)/t16-/m1/s1. The summed E-state index contributed by atoms with van der Waals surface area (Å²) in [5.74, 6) is -0.0744. The second-order valence-corrected chi connectivity index (χ2v) is 8.49. The van der Waals surface area contributed by atoms with Crippen LogP contribution < -0.4 is 5.32 Å². The molecule has 1 saturated heterocycles. The van der Waals surface area contributed by atoms with Gasteiger partial charge in [-0.15, -0.1) is 0 Å². The number of carbonyl (C=O) groups is 1. The van der Waals surface area contributed by atoms with Crippen molar-refractivity contribution >= 4 is 21.6 Å². The molecule has 1 fully saturated rings. The summed E-state index contributed by atoms with van der Waals surface area (Å²) in [5.41, 5.74) is 3.05. The Morgan fingerprint density at radius 3 is 2.65 bits per heavy atom. The molecule has 0 unspecified atom stereocenters. The summed E-state index contributed by atoms with van der Waals surface area (Å²) in [6, 6.07) is 4.91. The summed E-state index contributed by atoms with van der Waals surface area (Å²) >= 11 is 0. The van der Waals surface area contributed by atoms with Crippen LogP contribution in [0, 0.1) is 27.7 Å². The molecule has 26 heavy (non-hydrogen) atoms. The molecule has 2 heterocycles. The van der Waals surface area contributed by atoms with Crippen molar-refractivity contribution in [3.05, 3.63) is 40.8 Å². The highest BCUT2D eigenvalue weighted by molar-refractivity contribution is 7.89. The monoisotopic (exact) mass is 377 g/mol. The highest BCUT2D eigenvalue weighted by atomic mass is 32.2. The normalized spacial score (nSPS) is 18.2. The van der Waals surface area contributed by atoms with Gasteiger partial charge in [0, 0.05) is 12.2 Å². The van der Waals surface area contributed by atoms with Gasteiger partial charge in [-0.1, -0.05) is 17.3 Å². The molecule has 0 saturated carbocycles. The van der Waals surface area contributed by atoms with Gasteiger partial charge in [0.1, 0.15) is 16.6 Å².